The topological polar surface area (TPSA) is 55.1 Å². The number of aryl methyl sites for hydroxylation is 2. The number of benzene rings is 1. The van der Waals surface area contributed by atoms with E-state index in [0.29, 0.717) is 22.0 Å². The highest BCUT2D eigenvalue weighted by Crippen LogP contribution is 2.28. The van der Waals surface area contributed by atoms with Crippen molar-refractivity contribution >= 4 is 29.1 Å². The summed E-state index contributed by atoms with van der Waals surface area (Å²) in [5, 5.41) is 6.82. The maximum Gasteiger partial charge on any atom is 0.225 e. The molecule has 7 heteroatoms. The van der Waals surface area contributed by atoms with Crippen LogP contribution in [0.15, 0.2) is 16.7 Å². The van der Waals surface area contributed by atoms with Gasteiger partial charge in [0, 0.05) is 10.6 Å². The highest BCUT2D eigenvalue weighted by atomic mass is 35.5. The van der Waals surface area contributed by atoms with Crippen molar-refractivity contribution in [1.29, 1.82) is 0 Å². The average Bonchev–Trinajstić information content (AvgIpc) is 2.74. The van der Waals surface area contributed by atoms with Gasteiger partial charge in [0.25, 0.3) is 0 Å². The van der Waals surface area contributed by atoms with E-state index in [2.05, 4.69) is 10.5 Å². The second-order valence-corrected chi connectivity index (χ2v) is 5.87. The molecule has 0 saturated heterocycles. The number of carbonyl (C=O) groups excluding carboxylic acids is 1. The van der Waals surface area contributed by atoms with Crippen LogP contribution in [-0.2, 0) is 11.2 Å². The molecule has 1 aromatic heterocycles. The van der Waals surface area contributed by atoms with E-state index < -0.39 is 11.9 Å². The number of aromatic nitrogens is 1. The number of rotatable bonds is 4. The van der Waals surface area contributed by atoms with Gasteiger partial charge < -0.3 is 9.84 Å². The van der Waals surface area contributed by atoms with Crippen LogP contribution in [-0.4, -0.2) is 11.1 Å². The van der Waals surface area contributed by atoms with Gasteiger partial charge in [0.05, 0.1) is 23.2 Å². The lowest BCUT2D eigenvalue weighted by molar-refractivity contribution is -0.121. The van der Waals surface area contributed by atoms with Gasteiger partial charge in [-0.1, -0.05) is 28.4 Å². The van der Waals surface area contributed by atoms with Crippen molar-refractivity contribution in [1.82, 2.24) is 10.5 Å². The second kappa shape index (κ2) is 6.67. The summed E-state index contributed by atoms with van der Waals surface area (Å²) in [6.45, 7) is 5.24. The number of carbonyl (C=O) groups is 1. The Kier molecular flexibility index (Phi) is 5.08. The molecule has 0 spiro atoms. The van der Waals surface area contributed by atoms with E-state index in [1.165, 1.54) is 12.1 Å². The molecule has 1 aromatic carbocycles. The maximum atomic E-state index is 13.5. The van der Waals surface area contributed by atoms with E-state index in [9.17, 15) is 9.18 Å². The molecule has 4 nitrogen and oxygen atoms in total. The van der Waals surface area contributed by atoms with Crippen LogP contribution in [0.25, 0.3) is 0 Å². The third-order valence-corrected chi connectivity index (χ3v) is 4.02. The van der Waals surface area contributed by atoms with E-state index >= 15 is 0 Å². The number of halogens is 3. The summed E-state index contributed by atoms with van der Waals surface area (Å²) in [6.07, 6.45) is 0.138. The van der Waals surface area contributed by atoms with Crippen LogP contribution in [0.4, 0.5) is 4.39 Å². The van der Waals surface area contributed by atoms with Crippen LogP contribution < -0.4 is 5.32 Å². The van der Waals surface area contributed by atoms with Crippen molar-refractivity contribution in [2.24, 2.45) is 0 Å². The molecule has 0 unspecified atom stereocenters. The summed E-state index contributed by atoms with van der Waals surface area (Å²) in [5.74, 6) is -0.197. The lowest BCUT2D eigenvalue weighted by Gasteiger charge is -2.16. The minimum Gasteiger partial charge on any atom is -0.361 e. The molecule has 22 heavy (non-hydrogen) atoms. The SMILES string of the molecule is Cc1noc(C)c1CC(=O)N[C@@H](C)c1cc(F)c(Cl)cc1Cl. The predicted octanol–water partition coefficient (Wildman–Crippen LogP) is 4.16. The Bertz CT molecular complexity index is 696. The fourth-order valence-electron chi connectivity index (χ4n) is 2.15. The largest absolute Gasteiger partial charge is 0.361 e. The lowest BCUT2D eigenvalue weighted by Crippen LogP contribution is -2.28. The van der Waals surface area contributed by atoms with E-state index in [1.807, 2.05) is 0 Å². The summed E-state index contributed by atoms with van der Waals surface area (Å²) < 4.78 is 18.6. The zero-order valence-corrected chi connectivity index (χ0v) is 13.8. The Morgan fingerprint density at radius 2 is 2.05 bits per heavy atom. The fraction of sp³-hybridized carbons (Fsp3) is 0.333. The Hall–Kier alpha value is -1.59. The van der Waals surface area contributed by atoms with Crippen LogP contribution in [0.1, 0.15) is 35.5 Å². The molecular weight excluding hydrogens is 330 g/mol. The molecule has 118 valence electrons. The predicted molar refractivity (Wildman–Crippen MR) is 82.7 cm³/mol. The molecule has 2 rings (SSSR count). The highest BCUT2D eigenvalue weighted by molar-refractivity contribution is 6.35. The first kappa shape index (κ1) is 16.8. The molecule has 2 aromatic rings. The van der Waals surface area contributed by atoms with Crippen LogP contribution >= 0.6 is 23.2 Å². The standard InChI is InChI=1S/C15H15Cl2FN2O2/c1-7(11-4-14(18)13(17)6-12(11)16)19-15(21)5-10-8(2)20-22-9(10)3/h4,6-7H,5H2,1-3H3,(H,19,21)/t7-/m0/s1. The zero-order chi connectivity index (χ0) is 16.4. The van der Waals surface area contributed by atoms with Crippen molar-refractivity contribution in [2.75, 3.05) is 0 Å². The lowest BCUT2D eigenvalue weighted by atomic mass is 10.1. The molecule has 0 aliphatic rings. The Morgan fingerprint density at radius 3 is 2.64 bits per heavy atom. The average molecular weight is 345 g/mol. The molecule has 0 saturated carbocycles. The van der Waals surface area contributed by atoms with E-state index in [4.69, 9.17) is 27.7 Å². The Morgan fingerprint density at radius 1 is 1.36 bits per heavy atom. The molecule has 1 heterocycles. The highest BCUT2D eigenvalue weighted by Gasteiger charge is 2.18. The van der Waals surface area contributed by atoms with Crippen molar-refractivity contribution < 1.29 is 13.7 Å². The van der Waals surface area contributed by atoms with Crippen LogP contribution in [0.2, 0.25) is 10.0 Å². The summed E-state index contributed by atoms with van der Waals surface area (Å²) in [5.41, 5.74) is 1.89. The van der Waals surface area contributed by atoms with Gasteiger partial charge in [-0.2, -0.15) is 0 Å². The zero-order valence-electron chi connectivity index (χ0n) is 12.3. The molecule has 0 radical (unpaired) electrons. The summed E-state index contributed by atoms with van der Waals surface area (Å²) in [7, 11) is 0. The van der Waals surface area contributed by atoms with Gasteiger partial charge in [0.2, 0.25) is 5.91 Å². The van der Waals surface area contributed by atoms with Crippen molar-refractivity contribution in [3.63, 3.8) is 0 Å². The fourth-order valence-corrected chi connectivity index (χ4v) is 2.70. The Labute approximate surface area is 137 Å². The smallest absolute Gasteiger partial charge is 0.225 e. The van der Waals surface area contributed by atoms with E-state index in [-0.39, 0.29) is 17.4 Å². The quantitative estimate of drug-likeness (QED) is 0.847. The number of amides is 1. The molecule has 1 N–H and O–H groups in total. The van der Waals surface area contributed by atoms with Gasteiger partial charge in [-0.05, 0) is 38.5 Å². The van der Waals surface area contributed by atoms with Gasteiger partial charge in [0.1, 0.15) is 11.6 Å². The molecule has 1 atom stereocenters. The van der Waals surface area contributed by atoms with E-state index in [0.717, 1.165) is 5.56 Å². The number of hydrogen-bond donors (Lipinski definition) is 1. The van der Waals surface area contributed by atoms with Crippen molar-refractivity contribution in [3.8, 4) is 0 Å². The third kappa shape index (κ3) is 3.59. The number of nitrogens with one attached hydrogen (secondary N) is 1. The van der Waals surface area contributed by atoms with Crippen molar-refractivity contribution in [3.05, 3.63) is 50.6 Å². The summed E-state index contributed by atoms with van der Waals surface area (Å²) in [6, 6.07) is 2.10. The molecular formula is C15H15Cl2FN2O2. The molecule has 1 amide bonds. The van der Waals surface area contributed by atoms with Crippen LogP contribution in [0.3, 0.4) is 0 Å². The molecule has 0 aliphatic heterocycles. The minimum absolute atomic E-state index is 0.0528. The van der Waals surface area contributed by atoms with Gasteiger partial charge in [-0.3, -0.25) is 4.79 Å². The maximum absolute atomic E-state index is 13.5. The third-order valence-electron chi connectivity index (χ3n) is 3.40. The summed E-state index contributed by atoms with van der Waals surface area (Å²) in [4.78, 5) is 12.1. The first-order valence-corrected chi connectivity index (χ1v) is 7.40. The van der Waals surface area contributed by atoms with E-state index in [1.54, 1.807) is 20.8 Å². The minimum atomic E-state index is -0.576. The Balaban J connectivity index is 2.10. The molecule has 0 aliphatic carbocycles. The van der Waals surface area contributed by atoms with Gasteiger partial charge in [-0.15, -0.1) is 0 Å². The molecule has 0 bridgehead atoms. The normalized spacial score (nSPS) is 12.3. The van der Waals surface area contributed by atoms with Crippen LogP contribution in [0, 0.1) is 19.7 Å². The van der Waals surface area contributed by atoms with Crippen LogP contribution in [0.5, 0.6) is 0 Å². The van der Waals surface area contributed by atoms with Gasteiger partial charge >= 0.3 is 0 Å². The number of hydrogen-bond acceptors (Lipinski definition) is 3. The second-order valence-electron chi connectivity index (χ2n) is 5.06. The monoisotopic (exact) mass is 344 g/mol. The first-order chi connectivity index (χ1) is 10.3. The first-order valence-electron chi connectivity index (χ1n) is 6.65. The number of nitrogens with zero attached hydrogens (tertiary/aromatic N) is 1. The van der Waals surface area contributed by atoms with Crippen molar-refractivity contribution in [2.45, 2.75) is 33.2 Å². The van der Waals surface area contributed by atoms with Gasteiger partial charge in [-0.25, -0.2) is 4.39 Å². The molecule has 0 fully saturated rings. The van der Waals surface area contributed by atoms with Gasteiger partial charge in [0.15, 0.2) is 0 Å². The summed E-state index contributed by atoms with van der Waals surface area (Å²) >= 11 is 11.7.